The number of hydrogen-bond acceptors (Lipinski definition) is 4. The molecule has 40 heavy (non-hydrogen) atoms. The number of hydrogen-bond donors (Lipinski definition) is 1. The maximum atomic E-state index is 15.1. The number of piperidine rings is 1. The Balaban J connectivity index is 1.82. The molecule has 1 saturated heterocycles. The Labute approximate surface area is 244 Å². The third kappa shape index (κ3) is 4.45. The summed E-state index contributed by atoms with van der Waals surface area (Å²) in [5.74, 6) is -8.72. The molecule has 2 aromatic carbocycles. The van der Waals surface area contributed by atoms with Crippen molar-refractivity contribution < 1.29 is 28.0 Å². The van der Waals surface area contributed by atoms with Gasteiger partial charge in [-0.25, -0.2) is 0 Å². The molecule has 0 spiro atoms. The van der Waals surface area contributed by atoms with E-state index in [-0.39, 0.29) is 22.7 Å². The molecule has 4 amide bonds. The lowest BCUT2D eigenvalue weighted by atomic mass is 9.47. The summed E-state index contributed by atoms with van der Waals surface area (Å²) in [6.07, 6.45) is -0.267. The first kappa shape index (κ1) is 30.2. The molecule has 2 aliphatic heterocycles. The summed E-state index contributed by atoms with van der Waals surface area (Å²) in [6.45, 7) is 0. The number of halogens is 3. The summed E-state index contributed by atoms with van der Waals surface area (Å²) in [4.78, 5) is 51.0. The summed E-state index contributed by atoms with van der Waals surface area (Å²) in [6, 6.07) is 2.72. The van der Waals surface area contributed by atoms with E-state index in [1.54, 1.807) is 0 Å². The highest BCUT2D eigenvalue weighted by molar-refractivity contribution is 6.59. The van der Waals surface area contributed by atoms with Gasteiger partial charge in [0.2, 0.25) is 19.8 Å². The molecule has 1 atom stereocenters. The number of benzene rings is 2. The van der Waals surface area contributed by atoms with Crippen molar-refractivity contribution >= 4 is 115 Å². The van der Waals surface area contributed by atoms with Crippen LogP contribution >= 0.6 is 11.6 Å². The SMILES string of the molecule is [B]c1c([B])c(C([B])([B])N([B])C(=O)C(F)(F)c2ccc(Cl)cc2)c([B])c2c1C(=O)N(C1CCC(=O)NC1=O)C2([B])[B]. The second kappa shape index (κ2) is 9.93. The molecule has 0 aromatic heterocycles. The van der Waals surface area contributed by atoms with Crippen molar-refractivity contribution in [1.29, 1.82) is 0 Å². The molecule has 4 rings (SSSR count). The predicted molar refractivity (Wildman–Crippen MR) is 149 cm³/mol. The van der Waals surface area contributed by atoms with Crippen molar-refractivity contribution in [2.45, 2.75) is 35.5 Å². The minimum absolute atomic E-state index is 0.130. The van der Waals surface area contributed by atoms with Crippen molar-refractivity contribution in [2.75, 3.05) is 0 Å². The molecule has 2 aliphatic rings. The predicted octanol–water partition coefficient (Wildman–Crippen LogP) is -3.42. The molecule has 1 fully saturated rings. The van der Waals surface area contributed by atoms with Crippen LogP contribution in [0.25, 0.3) is 0 Å². The van der Waals surface area contributed by atoms with Gasteiger partial charge in [0.25, 0.3) is 11.8 Å². The molecule has 0 saturated carbocycles. The van der Waals surface area contributed by atoms with E-state index in [4.69, 9.17) is 74.5 Å². The zero-order valence-electron chi connectivity index (χ0n) is 20.6. The number of imide groups is 1. The third-order valence-corrected chi connectivity index (χ3v) is 7.12. The normalized spacial score (nSPS) is 18.8. The molecule has 0 aliphatic carbocycles. The van der Waals surface area contributed by atoms with Gasteiger partial charge in [-0.2, -0.15) is 8.78 Å². The molecule has 0 bridgehead atoms. The molecule has 7 nitrogen and oxygen atoms in total. The number of carbonyl (C=O) groups excluding carboxylic acids is 4. The van der Waals surface area contributed by atoms with Gasteiger partial charge in [0, 0.05) is 22.6 Å². The Hall–Kier alpha value is -2.81. The molecule has 16 radical (unpaired) electrons. The lowest BCUT2D eigenvalue weighted by molar-refractivity contribution is -0.155. The van der Waals surface area contributed by atoms with E-state index in [9.17, 15) is 19.2 Å². The van der Waals surface area contributed by atoms with E-state index >= 15 is 8.78 Å². The highest BCUT2D eigenvalue weighted by Crippen LogP contribution is 2.38. The fourth-order valence-electron chi connectivity index (χ4n) is 4.84. The topological polar surface area (TPSA) is 86.8 Å². The Morgan fingerprint density at radius 3 is 2.17 bits per heavy atom. The van der Waals surface area contributed by atoms with E-state index in [1.165, 1.54) is 0 Å². The van der Waals surface area contributed by atoms with Crippen LogP contribution in [0.5, 0.6) is 0 Å². The van der Waals surface area contributed by atoms with Crippen LogP contribution in [-0.4, -0.2) is 102 Å². The van der Waals surface area contributed by atoms with Crippen LogP contribution in [0.15, 0.2) is 24.3 Å². The summed E-state index contributed by atoms with van der Waals surface area (Å²) < 4.78 is 30.2. The van der Waals surface area contributed by atoms with E-state index < -0.39 is 84.9 Å². The first-order valence-corrected chi connectivity index (χ1v) is 11.8. The summed E-state index contributed by atoms with van der Waals surface area (Å²) >= 11 is 5.73. The number of alkyl halides is 2. The summed E-state index contributed by atoms with van der Waals surface area (Å²) in [5, 5.41) is -3.02. The van der Waals surface area contributed by atoms with Crippen LogP contribution in [0.2, 0.25) is 5.02 Å². The van der Waals surface area contributed by atoms with E-state index in [0.29, 0.717) is 0 Å². The third-order valence-electron chi connectivity index (χ3n) is 6.86. The average molecular weight is 540 g/mol. The van der Waals surface area contributed by atoms with Gasteiger partial charge in [-0.3, -0.25) is 24.5 Å². The Morgan fingerprint density at radius 1 is 1.05 bits per heavy atom. The van der Waals surface area contributed by atoms with E-state index in [0.717, 1.165) is 29.2 Å². The number of rotatable bonds is 5. The molecular formula is C22H10B8ClF2N3O4. The van der Waals surface area contributed by atoms with Crippen LogP contribution in [0, 0.1) is 0 Å². The van der Waals surface area contributed by atoms with Crippen LogP contribution in [0.3, 0.4) is 0 Å². The highest BCUT2D eigenvalue weighted by Gasteiger charge is 2.51. The molecule has 1 unspecified atom stereocenters. The van der Waals surface area contributed by atoms with Gasteiger partial charge in [0.1, 0.15) is 29.6 Å². The second-order valence-electron chi connectivity index (χ2n) is 9.42. The molecule has 1 N–H and O–H groups in total. The quantitative estimate of drug-likeness (QED) is 0.317. The smallest absolute Gasteiger partial charge is 0.348 e. The van der Waals surface area contributed by atoms with Gasteiger partial charge in [0.15, 0.2) is 0 Å². The van der Waals surface area contributed by atoms with Crippen molar-refractivity contribution in [2.24, 2.45) is 0 Å². The maximum Gasteiger partial charge on any atom is 0.348 e. The lowest BCUT2D eigenvalue weighted by Gasteiger charge is -2.45. The summed E-state index contributed by atoms with van der Waals surface area (Å²) in [7, 11) is 49.0. The number of fused-ring (bicyclic) bond motifs is 1. The van der Waals surface area contributed by atoms with Crippen LogP contribution < -0.4 is 21.7 Å². The second-order valence-corrected chi connectivity index (χ2v) is 9.85. The monoisotopic (exact) mass is 541 g/mol. The first-order valence-electron chi connectivity index (χ1n) is 11.4. The number of nitrogens with zero attached hydrogens (tertiary/aromatic N) is 2. The van der Waals surface area contributed by atoms with Gasteiger partial charge in [0.05, 0.1) is 31.4 Å². The van der Waals surface area contributed by atoms with Gasteiger partial charge in [-0.15, -0.1) is 0 Å². The zero-order valence-corrected chi connectivity index (χ0v) is 21.3. The van der Waals surface area contributed by atoms with Gasteiger partial charge in [-0.1, -0.05) is 45.7 Å². The van der Waals surface area contributed by atoms with E-state index in [2.05, 4.69) is 5.32 Å². The first-order chi connectivity index (χ1) is 18.4. The van der Waals surface area contributed by atoms with Crippen LogP contribution in [0.1, 0.15) is 39.9 Å². The van der Waals surface area contributed by atoms with Crippen molar-refractivity contribution in [3.63, 3.8) is 0 Å². The van der Waals surface area contributed by atoms with Gasteiger partial charge >= 0.3 is 5.92 Å². The van der Waals surface area contributed by atoms with Gasteiger partial charge < -0.3 is 9.71 Å². The summed E-state index contributed by atoms with van der Waals surface area (Å²) in [5.41, 5.74) is -3.96. The standard InChI is InChI=1S/C22H10B8ClF2N3O4/c23-14-11-12(21(26,27)35(18(11)39)9-5-6-10(37)34-17(9)38)15(24)13(16(14)25)22(28,29)36(30)19(40)20(32,33)7-1-3-8(31)4-2-7/h1-4,9H,5-6H2,(H,34,37,38). The minimum Gasteiger partial charge on any atom is -0.398 e. The van der Waals surface area contributed by atoms with Crippen molar-refractivity contribution in [1.82, 2.24) is 15.0 Å². The van der Waals surface area contributed by atoms with Crippen LogP contribution in [-0.2, 0) is 31.0 Å². The molecule has 182 valence electrons. The zero-order chi connectivity index (χ0) is 30.1. The Kier molecular flexibility index (Phi) is 7.48. The average Bonchev–Trinajstić information content (AvgIpc) is 3.07. The van der Waals surface area contributed by atoms with Crippen LogP contribution in [0.4, 0.5) is 8.78 Å². The fourth-order valence-corrected chi connectivity index (χ4v) is 4.96. The molecule has 2 heterocycles. The largest absolute Gasteiger partial charge is 0.398 e. The number of nitrogens with one attached hydrogen (secondary N) is 1. The Morgan fingerprint density at radius 2 is 1.62 bits per heavy atom. The molecule has 2 aromatic rings. The Bertz CT molecular complexity index is 1480. The number of carbonyl (C=O) groups is 4. The molecule has 18 heteroatoms. The van der Waals surface area contributed by atoms with E-state index in [1.807, 2.05) is 0 Å². The molecular weight excluding hydrogens is 530 g/mol. The van der Waals surface area contributed by atoms with Gasteiger partial charge in [-0.05, 0) is 34.8 Å². The highest BCUT2D eigenvalue weighted by atomic mass is 35.5. The van der Waals surface area contributed by atoms with Crippen molar-refractivity contribution in [3.05, 3.63) is 51.5 Å². The fraction of sp³-hybridized carbons (Fsp3) is 0.273. The maximum absolute atomic E-state index is 15.1. The van der Waals surface area contributed by atoms with Crippen molar-refractivity contribution in [3.8, 4) is 0 Å². The number of amides is 4. The lowest BCUT2D eigenvalue weighted by Crippen LogP contribution is -2.61. The minimum atomic E-state index is -4.25.